The molecule has 2 rings (SSSR count). The molecule has 7 nitrogen and oxygen atoms in total. The Morgan fingerprint density at radius 3 is 2.76 bits per heavy atom. The molecule has 1 aromatic heterocycles. The second-order valence-electron chi connectivity index (χ2n) is 6.21. The molecule has 0 bridgehead atoms. The zero-order valence-corrected chi connectivity index (χ0v) is 14.8. The van der Waals surface area contributed by atoms with Gasteiger partial charge >= 0.3 is 11.9 Å². The quantitative estimate of drug-likeness (QED) is 0.739. The number of rotatable bonds is 7. The van der Waals surface area contributed by atoms with Crippen LogP contribution in [0.4, 0.5) is 0 Å². The Labute approximate surface area is 147 Å². The van der Waals surface area contributed by atoms with E-state index >= 15 is 0 Å². The number of piperidine rings is 1. The van der Waals surface area contributed by atoms with Gasteiger partial charge in [-0.3, -0.25) is 14.6 Å². The highest BCUT2D eigenvalue weighted by atomic mass is 16.5. The van der Waals surface area contributed by atoms with Crippen LogP contribution in [0.1, 0.15) is 31.4 Å². The van der Waals surface area contributed by atoms with Gasteiger partial charge in [-0.05, 0) is 44.0 Å². The van der Waals surface area contributed by atoms with Gasteiger partial charge in [0, 0.05) is 25.5 Å². The summed E-state index contributed by atoms with van der Waals surface area (Å²) in [5.41, 5.74) is 0.615. The van der Waals surface area contributed by atoms with Crippen molar-refractivity contribution in [1.29, 1.82) is 0 Å². The molecule has 1 saturated heterocycles. The van der Waals surface area contributed by atoms with E-state index in [1.165, 1.54) is 7.11 Å². The summed E-state index contributed by atoms with van der Waals surface area (Å²) in [7, 11) is 1.31. The van der Waals surface area contributed by atoms with Crippen LogP contribution in [-0.4, -0.2) is 60.3 Å². The molecule has 2 heterocycles. The predicted octanol–water partition coefficient (Wildman–Crippen LogP) is 1.18. The number of aliphatic hydroxyl groups is 1. The number of ether oxygens (including phenoxy) is 2. The van der Waals surface area contributed by atoms with Gasteiger partial charge in [-0.15, -0.1) is 0 Å². The fraction of sp³-hybridized carbons (Fsp3) is 0.611. The number of nitrogens with zero attached hydrogens (tertiary/aromatic N) is 2. The molecule has 0 saturated carbocycles. The number of methoxy groups -OCH3 is 1. The Morgan fingerprint density at radius 2 is 2.12 bits per heavy atom. The number of carbonyl (C=O) groups excluding carboxylic acids is 2. The largest absolute Gasteiger partial charge is 0.469 e. The van der Waals surface area contributed by atoms with Crippen molar-refractivity contribution in [2.45, 2.75) is 25.9 Å². The number of esters is 2. The third-order valence-corrected chi connectivity index (χ3v) is 4.51. The summed E-state index contributed by atoms with van der Waals surface area (Å²) in [5.74, 6) is -1.59. The summed E-state index contributed by atoms with van der Waals surface area (Å²) >= 11 is 0. The van der Waals surface area contributed by atoms with Crippen LogP contribution >= 0.6 is 0 Å². The van der Waals surface area contributed by atoms with Gasteiger partial charge < -0.3 is 19.5 Å². The number of pyridine rings is 1. The summed E-state index contributed by atoms with van der Waals surface area (Å²) in [6.45, 7) is 3.77. The van der Waals surface area contributed by atoms with Crippen molar-refractivity contribution in [1.82, 2.24) is 9.88 Å². The van der Waals surface area contributed by atoms with Gasteiger partial charge in [-0.2, -0.15) is 0 Å². The summed E-state index contributed by atoms with van der Waals surface area (Å²) in [6, 6.07) is 3.36. The minimum Gasteiger partial charge on any atom is -0.469 e. The van der Waals surface area contributed by atoms with E-state index in [9.17, 15) is 14.7 Å². The van der Waals surface area contributed by atoms with E-state index < -0.39 is 18.0 Å². The van der Waals surface area contributed by atoms with E-state index in [1.807, 2.05) is 4.90 Å². The molecule has 3 atom stereocenters. The minimum atomic E-state index is -0.988. The summed E-state index contributed by atoms with van der Waals surface area (Å²) in [6.07, 6.45) is 3.79. The van der Waals surface area contributed by atoms with E-state index in [4.69, 9.17) is 9.47 Å². The van der Waals surface area contributed by atoms with Crippen LogP contribution in [0.15, 0.2) is 24.5 Å². The lowest BCUT2D eigenvalue weighted by Gasteiger charge is -2.34. The summed E-state index contributed by atoms with van der Waals surface area (Å²) < 4.78 is 9.98. The monoisotopic (exact) mass is 350 g/mol. The molecule has 0 spiro atoms. The topological polar surface area (TPSA) is 89.0 Å². The van der Waals surface area contributed by atoms with Crippen molar-refractivity contribution in [3.8, 4) is 0 Å². The summed E-state index contributed by atoms with van der Waals surface area (Å²) in [5, 5.41) is 10.6. The SMILES string of the molecule is CCOC(=O)[C@@H]1CCCN(C[C@@H](C(=O)OC)[C@H](O)c2ccncc2)C1. The van der Waals surface area contributed by atoms with Crippen LogP contribution in [0.2, 0.25) is 0 Å². The number of likely N-dealkylation sites (tertiary alicyclic amines) is 1. The van der Waals surface area contributed by atoms with Crippen LogP contribution in [0.25, 0.3) is 0 Å². The Bertz CT molecular complexity index is 566. The number of carbonyl (C=O) groups is 2. The molecule has 1 aliphatic heterocycles. The third kappa shape index (κ3) is 5.24. The number of hydrogen-bond donors (Lipinski definition) is 1. The highest BCUT2D eigenvalue weighted by Gasteiger charge is 2.34. The highest BCUT2D eigenvalue weighted by molar-refractivity contribution is 5.74. The van der Waals surface area contributed by atoms with E-state index in [0.29, 0.717) is 25.3 Å². The minimum absolute atomic E-state index is 0.190. The molecule has 1 aliphatic rings. The Hall–Kier alpha value is -1.99. The highest BCUT2D eigenvalue weighted by Crippen LogP contribution is 2.26. The molecule has 0 unspecified atom stereocenters. The maximum Gasteiger partial charge on any atom is 0.312 e. The van der Waals surface area contributed by atoms with Crippen molar-refractivity contribution in [3.63, 3.8) is 0 Å². The van der Waals surface area contributed by atoms with Gasteiger partial charge in [-0.25, -0.2) is 0 Å². The smallest absolute Gasteiger partial charge is 0.312 e. The van der Waals surface area contributed by atoms with Crippen LogP contribution in [0.3, 0.4) is 0 Å². The van der Waals surface area contributed by atoms with E-state index in [1.54, 1.807) is 31.5 Å². The van der Waals surface area contributed by atoms with Gasteiger partial charge in [0.1, 0.15) is 0 Å². The van der Waals surface area contributed by atoms with Gasteiger partial charge in [-0.1, -0.05) is 0 Å². The second kappa shape index (κ2) is 9.48. The zero-order valence-electron chi connectivity index (χ0n) is 14.8. The molecule has 0 aliphatic carbocycles. The molecule has 1 fully saturated rings. The Kier molecular flexibility index (Phi) is 7.33. The molecule has 25 heavy (non-hydrogen) atoms. The fourth-order valence-electron chi connectivity index (χ4n) is 3.20. The maximum atomic E-state index is 12.2. The van der Waals surface area contributed by atoms with Gasteiger partial charge in [0.05, 0.1) is 31.7 Å². The van der Waals surface area contributed by atoms with Crippen molar-refractivity contribution < 1.29 is 24.2 Å². The second-order valence-corrected chi connectivity index (χ2v) is 6.21. The van der Waals surface area contributed by atoms with Crippen molar-refractivity contribution in [3.05, 3.63) is 30.1 Å². The Balaban J connectivity index is 2.06. The third-order valence-electron chi connectivity index (χ3n) is 4.51. The number of aromatic nitrogens is 1. The molecular formula is C18H26N2O5. The van der Waals surface area contributed by atoms with E-state index in [-0.39, 0.29) is 11.9 Å². The van der Waals surface area contributed by atoms with Crippen molar-refractivity contribution >= 4 is 11.9 Å². The van der Waals surface area contributed by atoms with E-state index in [0.717, 1.165) is 19.4 Å². The molecule has 7 heteroatoms. The standard InChI is InChI=1S/C18H26N2O5/c1-3-25-17(22)14-5-4-10-20(11-14)12-15(18(23)24-2)16(21)13-6-8-19-9-7-13/h6-9,14-16,21H,3-5,10-12H2,1-2H3/t14-,15-,16-/m1/s1. The zero-order chi connectivity index (χ0) is 18.2. The molecule has 0 aromatic carbocycles. The van der Waals surface area contributed by atoms with Crippen LogP contribution in [0, 0.1) is 11.8 Å². The molecule has 1 N–H and O–H groups in total. The summed E-state index contributed by atoms with van der Waals surface area (Å²) in [4.78, 5) is 30.1. The van der Waals surface area contributed by atoms with Crippen LogP contribution in [-0.2, 0) is 19.1 Å². The van der Waals surface area contributed by atoms with Crippen LogP contribution in [0.5, 0.6) is 0 Å². The molecule has 1 aromatic rings. The van der Waals surface area contributed by atoms with Gasteiger partial charge in [0.2, 0.25) is 0 Å². The first-order valence-corrected chi connectivity index (χ1v) is 8.61. The molecular weight excluding hydrogens is 324 g/mol. The van der Waals surface area contributed by atoms with Gasteiger partial charge in [0.25, 0.3) is 0 Å². The molecule has 0 amide bonds. The first-order chi connectivity index (χ1) is 12.1. The first-order valence-electron chi connectivity index (χ1n) is 8.61. The number of aliphatic hydroxyl groups excluding tert-OH is 1. The normalized spacial score (nSPS) is 20.5. The average Bonchev–Trinajstić information content (AvgIpc) is 2.66. The lowest BCUT2D eigenvalue weighted by atomic mass is 9.93. The van der Waals surface area contributed by atoms with E-state index in [2.05, 4.69) is 4.98 Å². The van der Waals surface area contributed by atoms with Crippen LogP contribution < -0.4 is 0 Å². The lowest BCUT2D eigenvalue weighted by Crippen LogP contribution is -2.44. The maximum absolute atomic E-state index is 12.2. The van der Waals surface area contributed by atoms with Crippen molar-refractivity contribution in [2.75, 3.05) is 33.4 Å². The lowest BCUT2D eigenvalue weighted by molar-refractivity contribution is -0.152. The van der Waals surface area contributed by atoms with Gasteiger partial charge in [0.15, 0.2) is 0 Å². The number of hydrogen-bond acceptors (Lipinski definition) is 7. The molecule has 138 valence electrons. The Morgan fingerprint density at radius 1 is 1.40 bits per heavy atom. The average molecular weight is 350 g/mol. The van der Waals surface area contributed by atoms with Crippen molar-refractivity contribution in [2.24, 2.45) is 11.8 Å². The molecule has 0 radical (unpaired) electrons. The first kappa shape index (κ1) is 19.3. The predicted molar refractivity (Wildman–Crippen MR) is 90.5 cm³/mol. The fourth-order valence-corrected chi connectivity index (χ4v) is 3.20.